The highest BCUT2D eigenvalue weighted by Gasteiger charge is 2.35. The number of ether oxygens (including phenoxy) is 2. The highest BCUT2D eigenvalue weighted by Crippen LogP contribution is 2.14. The standard InChI is InChI=1S/C18H34O7S/c1-5-7-14(3)9-11-24-17(19)13-16(26(21,22)23)18(20)25-12-10-15(4)8-6-2/h14-16H,5-13H2,1-4H3,(H,21,22,23). The summed E-state index contributed by atoms with van der Waals surface area (Å²) in [6.07, 6.45) is 4.53. The molecular weight excluding hydrogens is 360 g/mol. The Kier molecular flexibility index (Phi) is 12.5. The fraction of sp³-hybridized carbons (Fsp3) is 0.889. The highest BCUT2D eigenvalue weighted by molar-refractivity contribution is 7.87. The van der Waals surface area contributed by atoms with Gasteiger partial charge in [0, 0.05) is 0 Å². The lowest BCUT2D eigenvalue weighted by Crippen LogP contribution is -2.34. The maximum atomic E-state index is 12.0. The molecule has 0 bridgehead atoms. The van der Waals surface area contributed by atoms with Gasteiger partial charge in [0.1, 0.15) is 0 Å². The van der Waals surface area contributed by atoms with Gasteiger partial charge < -0.3 is 9.47 Å². The van der Waals surface area contributed by atoms with Gasteiger partial charge in [-0.15, -0.1) is 0 Å². The molecule has 0 rings (SSSR count). The van der Waals surface area contributed by atoms with E-state index in [1.807, 2.05) is 20.8 Å². The minimum Gasteiger partial charge on any atom is -0.466 e. The van der Waals surface area contributed by atoms with Gasteiger partial charge in [0.15, 0.2) is 5.25 Å². The molecule has 0 spiro atoms. The average Bonchev–Trinajstić information content (AvgIpc) is 2.52. The maximum Gasteiger partial charge on any atom is 0.327 e. The zero-order chi connectivity index (χ0) is 20.2. The smallest absolute Gasteiger partial charge is 0.327 e. The van der Waals surface area contributed by atoms with Crippen molar-refractivity contribution in [2.24, 2.45) is 11.8 Å². The molecule has 0 aromatic heterocycles. The molecule has 0 aliphatic heterocycles. The van der Waals surface area contributed by atoms with Crippen LogP contribution >= 0.6 is 0 Å². The summed E-state index contributed by atoms with van der Waals surface area (Å²) in [6.45, 7) is 8.36. The van der Waals surface area contributed by atoms with E-state index in [9.17, 15) is 22.6 Å². The van der Waals surface area contributed by atoms with Crippen LogP contribution in [0.25, 0.3) is 0 Å². The molecule has 0 amide bonds. The van der Waals surface area contributed by atoms with E-state index in [2.05, 4.69) is 6.92 Å². The molecule has 8 heteroatoms. The van der Waals surface area contributed by atoms with E-state index in [0.717, 1.165) is 25.7 Å². The molecule has 0 aliphatic carbocycles. The summed E-state index contributed by atoms with van der Waals surface area (Å²) >= 11 is 0. The van der Waals surface area contributed by atoms with Gasteiger partial charge in [0.05, 0.1) is 19.6 Å². The Hall–Kier alpha value is -1.15. The second kappa shape index (κ2) is 13.1. The van der Waals surface area contributed by atoms with Crippen molar-refractivity contribution in [1.82, 2.24) is 0 Å². The first-order chi connectivity index (χ1) is 12.1. The van der Waals surface area contributed by atoms with Crippen molar-refractivity contribution in [3.8, 4) is 0 Å². The first-order valence-corrected chi connectivity index (χ1v) is 10.9. The molecule has 7 nitrogen and oxygen atoms in total. The number of hydrogen-bond donors (Lipinski definition) is 1. The Balaban J connectivity index is 4.47. The molecule has 1 N–H and O–H groups in total. The van der Waals surface area contributed by atoms with Crippen LogP contribution in [0.1, 0.15) is 72.6 Å². The van der Waals surface area contributed by atoms with Crippen LogP contribution in [0, 0.1) is 11.8 Å². The molecule has 0 fully saturated rings. The lowest BCUT2D eigenvalue weighted by molar-refractivity contribution is -0.150. The number of carbonyl (C=O) groups excluding carboxylic acids is 2. The third-order valence-electron chi connectivity index (χ3n) is 4.27. The van der Waals surface area contributed by atoms with Crippen LogP contribution < -0.4 is 0 Å². The normalized spacial score (nSPS) is 15.1. The van der Waals surface area contributed by atoms with E-state index >= 15 is 0 Å². The van der Waals surface area contributed by atoms with Gasteiger partial charge in [-0.05, 0) is 24.7 Å². The Morgan fingerprint density at radius 1 is 0.885 bits per heavy atom. The molecule has 26 heavy (non-hydrogen) atoms. The van der Waals surface area contributed by atoms with Crippen LogP contribution in [0.5, 0.6) is 0 Å². The van der Waals surface area contributed by atoms with E-state index in [0.29, 0.717) is 24.7 Å². The predicted octanol–water partition coefficient (Wildman–Crippen LogP) is 3.37. The molecule has 0 saturated heterocycles. The number of rotatable bonds is 14. The fourth-order valence-electron chi connectivity index (χ4n) is 2.62. The first kappa shape index (κ1) is 24.8. The van der Waals surface area contributed by atoms with Gasteiger partial charge in [0.2, 0.25) is 0 Å². The van der Waals surface area contributed by atoms with Crippen LogP contribution in [0.2, 0.25) is 0 Å². The molecule has 0 aliphatic rings. The zero-order valence-electron chi connectivity index (χ0n) is 16.4. The van der Waals surface area contributed by atoms with Gasteiger partial charge in [-0.2, -0.15) is 8.42 Å². The Morgan fingerprint density at radius 3 is 1.77 bits per heavy atom. The van der Waals surface area contributed by atoms with Crippen molar-refractivity contribution in [3.63, 3.8) is 0 Å². The Bertz CT molecular complexity index is 516. The molecule has 0 aromatic carbocycles. The highest BCUT2D eigenvalue weighted by atomic mass is 32.2. The summed E-state index contributed by atoms with van der Waals surface area (Å²) in [7, 11) is -4.75. The minimum absolute atomic E-state index is 0.0512. The van der Waals surface area contributed by atoms with E-state index in [1.54, 1.807) is 0 Å². The molecule has 0 radical (unpaired) electrons. The van der Waals surface area contributed by atoms with Crippen LogP contribution in [0.3, 0.4) is 0 Å². The second-order valence-electron chi connectivity index (χ2n) is 6.96. The van der Waals surface area contributed by atoms with Crippen LogP contribution in [0.4, 0.5) is 0 Å². The van der Waals surface area contributed by atoms with Crippen LogP contribution in [0.15, 0.2) is 0 Å². The van der Waals surface area contributed by atoms with Gasteiger partial charge in [-0.25, -0.2) is 0 Å². The summed E-state index contributed by atoms with van der Waals surface area (Å²) in [4.78, 5) is 23.8. The van der Waals surface area contributed by atoms with Crippen molar-refractivity contribution in [1.29, 1.82) is 0 Å². The molecule has 0 saturated carbocycles. The first-order valence-electron chi connectivity index (χ1n) is 9.40. The molecular formula is C18H34O7S. The van der Waals surface area contributed by atoms with Crippen molar-refractivity contribution >= 4 is 22.1 Å². The van der Waals surface area contributed by atoms with E-state index in [1.165, 1.54) is 0 Å². The second-order valence-corrected chi connectivity index (χ2v) is 8.56. The van der Waals surface area contributed by atoms with Crippen LogP contribution in [-0.2, 0) is 29.2 Å². The number of esters is 2. The van der Waals surface area contributed by atoms with E-state index in [4.69, 9.17) is 9.47 Å². The quantitative estimate of drug-likeness (QED) is 0.355. The molecule has 0 heterocycles. The van der Waals surface area contributed by atoms with Gasteiger partial charge in [0.25, 0.3) is 10.1 Å². The molecule has 154 valence electrons. The van der Waals surface area contributed by atoms with E-state index < -0.39 is 33.7 Å². The van der Waals surface area contributed by atoms with Crippen LogP contribution in [-0.4, -0.2) is 43.4 Å². The Morgan fingerprint density at radius 2 is 1.35 bits per heavy atom. The van der Waals surface area contributed by atoms with Crippen molar-refractivity contribution < 1.29 is 32.0 Å². The monoisotopic (exact) mass is 394 g/mol. The van der Waals surface area contributed by atoms with E-state index in [-0.39, 0.29) is 13.2 Å². The minimum atomic E-state index is -4.75. The van der Waals surface area contributed by atoms with Crippen molar-refractivity contribution in [2.75, 3.05) is 13.2 Å². The van der Waals surface area contributed by atoms with Crippen molar-refractivity contribution in [3.05, 3.63) is 0 Å². The van der Waals surface area contributed by atoms with Gasteiger partial charge in [-0.1, -0.05) is 53.4 Å². The topological polar surface area (TPSA) is 107 Å². The third-order valence-corrected chi connectivity index (χ3v) is 5.34. The largest absolute Gasteiger partial charge is 0.466 e. The predicted molar refractivity (Wildman–Crippen MR) is 99.2 cm³/mol. The van der Waals surface area contributed by atoms with Gasteiger partial charge >= 0.3 is 11.9 Å². The summed E-state index contributed by atoms with van der Waals surface area (Å²) in [6, 6.07) is 0. The number of carbonyl (C=O) groups is 2. The Labute approximate surface area is 157 Å². The molecule has 0 aromatic rings. The maximum absolute atomic E-state index is 12.0. The molecule has 3 atom stereocenters. The summed E-state index contributed by atoms with van der Waals surface area (Å²) in [5, 5.41) is -1.94. The lowest BCUT2D eigenvalue weighted by atomic mass is 10.0. The molecule has 3 unspecified atom stereocenters. The lowest BCUT2D eigenvalue weighted by Gasteiger charge is -2.15. The summed E-state index contributed by atoms with van der Waals surface area (Å²) in [5.74, 6) is -1.23. The average molecular weight is 395 g/mol. The summed E-state index contributed by atoms with van der Waals surface area (Å²) in [5.41, 5.74) is 0. The fourth-order valence-corrected chi connectivity index (χ4v) is 3.28. The zero-order valence-corrected chi connectivity index (χ0v) is 17.2. The SMILES string of the molecule is CCCC(C)CCOC(=O)CC(C(=O)OCCC(C)CCC)S(=O)(=O)O. The third kappa shape index (κ3) is 11.5. The summed E-state index contributed by atoms with van der Waals surface area (Å²) < 4.78 is 42.0. The van der Waals surface area contributed by atoms with Gasteiger partial charge in [-0.3, -0.25) is 14.1 Å². The van der Waals surface area contributed by atoms with Crippen molar-refractivity contribution in [2.45, 2.75) is 77.9 Å². The number of hydrogen-bond acceptors (Lipinski definition) is 6.